The third-order valence-corrected chi connectivity index (χ3v) is 5.99. The number of nitrogens with zero attached hydrogens (tertiary/aromatic N) is 2. The van der Waals surface area contributed by atoms with Gasteiger partial charge in [0.05, 0.1) is 18.2 Å². The molecule has 0 unspecified atom stereocenters. The Labute approximate surface area is 189 Å². The van der Waals surface area contributed by atoms with Gasteiger partial charge < -0.3 is 20.1 Å². The van der Waals surface area contributed by atoms with E-state index in [0.717, 1.165) is 43.1 Å². The zero-order valence-electron chi connectivity index (χ0n) is 18.3. The number of carbonyl (C=O) groups is 1. The topological polar surface area (TPSA) is 74.7 Å². The van der Waals surface area contributed by atoms with Crippen LogP contribution in [0.1, 0.15) is 48.5 Å². The quantitative estimate of drug-likeness (QED) is 0.565. The van der Waals surface area contributed by atoms with Crippen molar-refractivity contribution in [2.45, 2.75) is 45.6 Å². The summed E-state index contributed by atoms with van der Waals surface area (Å²) < 4.78 is 5.91. The Morgan fingerprint density at radius 2 is 2.10 bits per heavy atom. The summed E-state index contributed by atoms with van der Waals surface area (Å²) in [6.45, 7) is 6.31. The molecule has 6 nitrogen and oxygen atoms in total. The largest absolute Gasteiger partial charge is 0.494 e. The number of amides is 1. The highest BCUT2D eigenvalue weighted by Crippen LogP contribution is 2.26. The second-order valence-electron chi connectivity index (χ2n) is 8.29. The molecule has 0 bridgehead atoms. The number of ether oxygens (including phenoxy) is 1. The highest BCUT2D eigenvalue weighted by Gasteiger charge is 2.20. The molecule has 1 aromatic carbocycles. The number of halogens is 1. The van der Waals surface area contributed by atoms with Gasteiger partial charge in [0.1, 0.15) is 11.6 Å². The van der Waals surface area contributed by atoms with Crippen molar-refractivity contribution in [1.82, 2.24) is 10.3 Å². The van der Waals surface area contributed by atoms with E-state index in [4.69, 9.17) is 21.4 Å². The summed E-state index contributed by atoms with van der Waals surface area (Å²) in [5.74, 6) is 2.33. The van der Waals surface area contributed by atoms with Crippen molar-refractivity contribution in [3.05, 3.63) is 52.7 Å². The molecule has 2 aromatic rings. The molecule has 0 saturated carbocycles. The highest BCUT2D eigenvalue weighted by molar-refractivity contribution is 6.30. The van der Waals surface area contributed by atoms with Crippen molar-refractivity contribution in [1.29, 1.82) is 0 Å². The van der Waals surface area contributed by atoms with Gasteiger partial charge in [-0.25, -0.2) is 4.98 Å². The summed E-state index contributed by atoms with van der Waals surface area (Å²) >= 11 is 5.92. The number of aryl methyl sites for hydroxylation is 1. The molecule has 3 rings (SSSR count). The van der Waals surface area contributed by atoms with Crippen LogP contribution in [-0.4, -0.2) is 48.3 Å². The summed E-state index contributed by atoms with van der Waals surface area (Å²) in [5, 5.41) is 12.5. The third kappa shape index (κ3) is 6.84. The summed E-state index contributed by atoms with van der Waals surface area (Å²) in [4.78, 5) is 19.0. The van der Waals surface area contributed by atoms with Crippen molar-refractivity contribution in [3.8, 4) is 5.75 Å². The first kappa shape index (κ1) is 23.4. The number of rotatable bonds is 9. The van der Waals surface area contributed by atoms with Crippen LogP contribution in [-0.2, 0) is 0 Å². The lowest BCUT2D eigenvalue weighted by molar-refractivity contribution is 0.0921. The van der Waals surface area contributed by atoms with Gasteiger partial charge in [-0.05, 0) is 81.3 Å². The van der Waals surface area contributed by atoms with Gasteiger partial charge in [0.15, 0.2) is 0 Å². The predicted octanol–water partition coefficient (Wildman–Crippen LogP) is 4.23. The van der Waals surface area contributed by atoms with Crippen LogP contribution < -0.4 is 15.0 Å². The molecule has 1 atom stereocenters. The van der Waals surface area contributed by atoms with Gasteiger partial charge in [-0.3, -0.25) is 4.79 Å². The number of hydrogen-bond donors (Lipinski definition) is 2. The van der Waals surface area contributed by atoms with E-state index in [1.165, 1.54) is 12.8 Å². The fraction of sp³-hybridized carbons (Fsp3) is 0.500. The Hall–Kier alpha value is -2.31. The molecule has 2 N–H and O–H groups in total. The van der Waals surface area contributed by atoms with E-state index < -0.39 is 0 Å². The molecular formula is C24H32ClN3O3. The number of nitrogens with one attached hydrogen (secondary N) is 1. The molecule has 1 amide bonds. The SMILES string of the molecule is Cc1cc(OCCCC2CCN(c3ccc(Cl)cn3)CC2)ccc1C(=O)N[C@H](C)CO. The molecule has 0 aliphatic carbocycles. The van der Waals surface area contributed by atoms with Crippen LogP contribution in [0.5, 0.6) is 5.75 Å². The first-order valence-electron chi connectivity index (χ1n) is 11.0. The van der Waals surface area contributed by atoms with Gasteiger partial charge in [0.2, 0.25) is 0 Å². The fourth-order valence-electron chi connectivity index (χ4n) is 3.90. The summed E-state index contributed by atoms with van der Waals surface area (Å²) in [6.07, 6.45) is 6.20. The van der Waals surface area contributed by atoms with Gasteiger partial charge in [0, 0.05) is 30.9 Å². The first-order valence-corrected chi connectivity index (χ1v) is 11.4. The van der Waals surface area contributed by atoms with Gasteiger partial charge in [0.25, 0.3) is 5.91 Å². The fourth-order valence-corrected chi connectivity index (χ4v) is 4.01. The van der Waals surface area contributed by atoms with E-state index in [1.807, 2.05) is 31.2 Å². The zero-order valence-corrected chi connectivity index (χ0v) is 19.1. The maximum absolute atomic E-state index is 12.2. The van der Waals surface area contributed by atoms with E-state index >= 15 is 0 Å². The van der Waals surface area contributed by atoms with Crippen LogP contribution in [0.25, 0.3) is 0 Å². The molecule has 0 spiro atoms. The average molecular weight is 446 g/mol. The van der Waals surface area contributed by atoms with Crippen LogP contribution in [0.15, 0.2) is 36.5 Å². The number of pyridine rings is 1. The van der Waals surface area contributed by atoms with Crippen LogP contribution in [0.2, 0.25) is 5.02 Å². The van der Waals surface area contributed by atoms with Crippen LogP contribution in [0.4, 0.5) is 5.82 Å². The Morgan fingerprint density at radius 1 is 1.32 bits per heavy atom. The number of piperidine rings is 1. The van der Waals surface area contributed by atoms with E-state index in [-0.39, 0.29) is 18.6 Å². The van der Waals surface area contributed by atoms with Crippen molar-refractivity contribution in [2.75, 3.05) is 31.2 Å². The molecule has 1 fully saturated rings. The van der Waals surface area contributed by atoms with Gasteiger partial charge >= 0.3 is 0 Å². The molecule has 2 heterocycles. The maximum atomic E-state index is 12.2. The van der Waals surface area contributed by atoms with E-state index in [1.54, 1.807) is 19.2 Å². The van der Waals surface area contributed by atoms with Crippen LogP contribution in [0, 0.1) is 12.8 Å². The molecule has 168 valence electrons. The number of anilines is 1. The second kappa shape index (κ2) is 11.3. The molecule has 1 saturated heterocycles. The lowest BCUT2D eigenvalue weighted by atomic mass is 9.92. The van der Waals surface area contributed by atoms with E-state index in [2.05, 4.69) is 15.2 Å². The molecule has 31 heavy (non-hydrogen) atoms. The van der Waals surface area contributed by atoms with Gasteiger partial charge in [-0.1, -0.05) is 11.6 Å². The normalized spacial score (nSPS) is 15.5. The average Bonchev–Trinajstić information content (AvgIpc) is 2.77. The Bertz CT molecular complexity index is 852. The lowest BCUT2D eigenvalue weighted by Gasteiger charge is -2.32. The highest BCUT2D eigenvalue weighted by atomic mass is 35.5. The number of aliphatic hydroxyl groups excluding tert-OH is 1. The number of aliphatic hydroxyl groups is 1. The number of carbonyl (C=O) groups excluding carboxylic acids is 1. The lowest BCUT2D eigenvalue weighted by Crippen LogP contribution is -2.35. The minimum atomic E-state index is -0.267. The van der Waals surface area contributed by atoms with Crippen molar-refractivity contribution < 1.29 is 14.6 Å². The monoisotopic (exact) mass is 445 g/mol. The second-order valence-corrected chi connectivity index (χ2v) is 8.73. The molecule has 1 aromatic heterocycles. The molecule has 1 aliphatic heterocycles. The van der Waals surface area contributed by atoms with Crippen molar-refractivity contribution >= 4 is 23.3 Å². The zero-order chi connectivity index (χ0) is 22.2. The molecule has 1 aliphatic rings. The van der Waals surface area contributed by atoms with Crippen molar-refractivity contribution in [3.63, 3.8) is 0 Å². The molecular weight excluding hydrogens is 414 g/mol. The number of benzene rings is 1. The Morgan fingerprint density at radius 3 is 2.74 bits per heavy atom. The van der Waals surface area contributed by atoms with Gasteiger partial charge in [-0.2, -0.15) is 0 Å². The molecule has 7 heteroatoms. The third-order valence-electron chi connectivity index (χ3n) is 5.77. The minimum Gasteiger partial charge on any atom is -0.494 e. The maximum Gasteiger partial charge on any atom is 0.251 e. The van der Waals surface area contributed by atoms with Crippen molar-refractivity contribution in [2.24, 2.45) is 5.92 Å². The minimum absolute atomic E-state index is 0.0803. The van der Waals surface area contributed by atoms with Gasteiger partial charge in [-0.15, -0.1) is 0 Å². The smallest absolute Gasteiger partial charge is 0.251 e. The predicted molar refractivity (Wildman–Crippen MR) is 124 cm³/mol. The van der Waals surface area contributed by atoms with Crippen LogP contribution >= 0.6 is 11.6 Å². The van der Waals surface area contributed by atoms with E-state index in [9.17, 15) is 4.79 Å². The number of hydrogen-bond acceptors (Lipinski definition) is 5. The summed E-state index contributed by atoms with van der Waals surface area (Å²) in [6, 6.07) is 9.13. The summed E-state index contributed by atoms with van der Waals surface area (Å²) in [7, 11) is 0. The summed E-state index contributed by atoms with van der Waals surface area (Å²) in [5.41, 5.74) is 1.47. The standard InChI is InChI=1S/C24H32ClN3O3/c1-17-14-21(6-7-22(17)24(30)27-18(2)16-29)31-13-3-4-19-9-11-28(12-10-19)23-8-5-20(25)15-26-23/h5-8,14-15,18-19,29H,3-4,9-13,16H2,1-2H3,(H,27,30)/t18-/m1/s1. The Kier molecular flexibility index (Phi) is 8.55. The number of aromatic nitrogens is 1. The van der Waals surface area contributed by atoms with E-state index in [0.29, 0.717) is 23.1 Å². The first-order chi connectivity index (χ1) is 15.0. The van der Waals surface area contributed by atoms with Crippen LogP contribution in [0.3, 0.4) is 0 Å². The Balaban J connectivity index is 1.38. The molecule has 0 radical (unpaired) electrons.